The van der Waals surface area contributed by atoms with Gasteiger partial charge in [-0.1, -0.05) is 6.08 Å². The van der Waals surface area contributed by atoms with Crippen LogP contribution >= 0.6 is 0 Å². The van der Waals surface area contributed by atoms with Crippen molar-refractivity contribution < 1.29 is 9.84 Å². The van der Waals surface area contributed by atoms with Gasteiger partial charge in [-0.15, -0.1) is 6.58 Å². The second-order valence-corrected chi connectivity index (χ2v) is 3.76. The fourth-order valence-corrected chi connectivity index (χ4v) is 1.82. The van der Waals surface area contributed by atoms with Crippen molar-refractivity contribution >= 4 is 0 Å². The first-order valence-electron chi connectivity index (χ1n) is 5.23. The third-order valence-electron chi connectivity index (χ3n) is 2.58. The van der Waals surface area contributed by atoms with E-state index in [1.807, 2.05) is 0 Å². The number of rotatable bonds is 3. The zero-order valence-electron chi connectivity index (χ0n) is 8.24. The molecule has 1 rings (SSSR count). The maximum absolute atomic E-state index is 9.42. The van der Waals surface area contributed by atoms with Crippen LogP contribution in [0.25, 0.3) is 0 Å². The molecule has 0 aromatic heterocycles. The molecule has 0 unspecified atom stereocenters. The van der Waals surface area contributed by atoms with E-state index in [1.165, 1.54) is 0 Å². The van der Waals surface area contributed by atoms with E-state index in [2.05, 4.69) is 6.58 Å². The van der Waals surface area contributed by atoms with Crippen molar-refractivity contribution in [2.75, 3.05) is 6.61 Å². The number of hydrogen-bond acceptors (Lipinski definition) is 2. The topological polar surface area (TPSA) is 29.5 Å². The average molecular weight is 184 g/mol. The first-order chi connectivity index (χ1) is 6.33. The Bertz CT molecular complexity index is 135. The van der Waals surface area contributed by atoms with Gasteiger partial charge in [-0.25, -0.2) is 0 Å². The maximum Gasteiger partial charge on any atom is 0.0648 e. The molecule has 1 N–H and O–H groups in total. The number of ether oxygens (including phenoxy) is 1. The Balaban J connectivity index is 2.20. The molecule has 0 spiro atoms. The summed E-state index contributed by atoms with van der Waals surface area (Å²) in [6.45, 7) is 4.29. The van der Waals surface area contributed by atoms with Crippen molar-refractivity contribution in [1.29, 1.82) is 0 Å². The van der Waals surface area contributed by atoms with E-state index in [-0.39, 0.29) is 6.10 Å². The van der Waals surface area contributed by atoms with Gasteiger partial charge in [0.25, 0.3) is 0 Å². The number of hydrogen-bond donors (Lipinski definition) is 1. The molecular formula is C11H20O2. The van der Waals surface area contributed by atoms with E-state index in [1.54, 1.807) is 6.08 Å². The monoisotopic (exact) mass is 184 g/mol. The van der Waals surface area contributed by atoms with Gasteiger partial charge in [0.2, 0.25) is 0 Å². The summed E-state index contributed by atoms with van der Waals surface area (Å²) in [4.78, 5) is 0. The van der Waals surface area contributed by atoms with Crippen LogP contribution in [0, 0.1) is 0 Å². The van der Waals surface area contributed by atoms with Gasteiger partial charge in [-0.2, -0.15) is 0 Å². The van der Waals surface area contributed by atoms with Crippen LogP contribution in [0.4, 0.5) is 0 Å². The highest BCUT2D eigenvalue weighted by Gasteiger charge is 2.14. The summed E-state index contributed by atoms with van der Waals surface area (Å²) in [7, 11) is 0. The van der Waals surface area contributed by atoms with Gasteiger partial charge in [0, 0.05) is 0 Å². The molecule has 1 fully saturated rings. The molecule has 1 aliphatic rings. The molecule has 0 bridgehead atoms. The Morgan fingerprint density at radius 1 is 1.23 bits per heavy atom. The lowest BCUT2D eigenvalue weighted by atomic mass is 9.97. The second kappa shape index (κ2) is 6.17. The summed E-state index contributed by atoms with van der Waals surface area (Å²) in [6.07, 6.45) is 8.35. The van der Waals surface area contributed by atoms with Gasteiger partial charge in [-0.3, -0.25) is 0 Å². The van der Waals surface area contributed by atoms with Crippen molar-refractivity contribution in [3.8, 4) is 0 Å². The molecule has 2 nitrogen and oxygen atoms in total. The normalized spacial score (nSPS) is 30.5. The highest BCUT2D eigenvalue weighted by Crippen LogP contribution is 2.19. The fourth-order valence-electron chi connectivity index (χ4n) is 1.82. The molecule has 0 aromatic rings. The van der Waals surface area contributed by atoms with E-state index < -0.39 is 0 Å². The Labute approximate surface area is 80.6 Å². The van der Waals surface area contributed by atoms with Crippen LogP contribution in [-0.4, -0.2) is 23.9 Å². The van der Waals surface area contributed by atoms with Crippen LogP contribution in [0.3, 0.4) is 0 Å². The van der Waals surface area contributed by atoms with Gasteiger partial charge in [-0.05, 0) is 38.5 Å². The van der Waals surface area contributed by atoms with Gasteiger partial charge in [0.15, 0.2) is 0 Å². The quantitative estimate of drug-likeness (QED) is 0.682. The maximum atomic E-state index is 9.42. The van der Waals surface area contributed by atoms with Crippen LogP contribution in [0.1, 0.15) is 38.5 Å². The molecule has 0 saturated heterocycles. The minimum atomic E-state index is -0.0691. The van der Waals surface area contributed by atoms with Crippen LogP contribution < -0.4 is 0 Å². The Morgan fingerprint density at radius 3 is 2.38 bits per heavy atom. The summed E-state index contributed by atoms with van der Waals surface area (Å²) in [5.74, 6) is 0. The van der Waals surface area contributed by atoms with Crippen molar-refractivity contribution in [3.05, 3.63) is 12.7 Å². The largest absolute Gasteiger partial charge is 0.393 e. The Kier molecular flexibility index (Phi) is 5.09. The Morgan fingerprint density at radius 2 is 1.85 bits per heavy atom. The molecule has 0 heterocycles. The fraction of sp³-hybridized carbons (Fsp3) is 0.818. The van der Waals surface area contributed by atoms with Gasteiger partial charge >= 0.3 is 0 Å². The molecule has 0 aliphatic heterocycles. The summed E-state index contributed by atoms with van der Waals surface area (Å²) >= 11 is 0. The molecule has 0 atom stereocenters. The molecule has 76 valence electrons. The predicted molar refractivity (Wildman–Crippen MR) is 53.6 cm³/mol. The lowest BCUT2D eigenvalue weighted by Crippen LogP contribution is -2.18. The van der Waals surface area contributed by atoms with E-state index >= 15 is 0 Å². The zero-order chi connectivity index (χ0) is 9.52. The molecule has 2 heteroatoms. The number of aliphatic hydroxyl groups is 1. The molecule has 0 aromatic carbocycles. The van der Waals surface area contributed by atoms with Crippen molar-refractivity contribution in [2.45, 2.75) is 50.7 Å². The molecule has 13 heavy (non-hydrogen) atoms. The standard InChI is InChI=1S/C11H20O2/c1-2-9-13-11-7-3-5-10(12)6-4-8-11/h2,10-12H,1,3-9H2/t10-,11+. The van der Waals surface area contributed by atoms with Crippen molar-refractivity contribution in [1.82, 2.24) is 0 Å². The van der Waals surface area contributed by atoms with E-state index in [0.717, 1.165) is 38.5 Å². The SMILES string of the molecule is C=CCO[C@H]1CCC[C@@H](O)CCC1. The smallest absolute Gasteiger partial charge is 0.0648 e. The molecule has 0 amide bonds. The van der Waals surface area contributed by atoms with Crippen LogP contribution in [0.15, 0.2) is 12.7 Å². The predicted octanol–water partition coefficient (Wildman–Crippen LogP) is 2.27. The Hall–Kier alpha value is -0.340. The highest BCUT2D eigenvalue weighted by atomic mass is 16.5. The van der Waals surface area contributed by atoms with Crippen LogP contribution in [-0.2, 0) is 4.74 Å². The summed E-state index contributed by atoms with van der Waals surface area (Å²) < 4.78 is 5.60. The molecule has 0 radical (unpaired) electrons. The van der Waals surface area contributed by atoms with E-state index in [9.17, 15) is 5.11 Å². The molecular weight excluding hydrogens is 164 g/mol. The highest BCUT2D eigenvalue weighted by molar-refractivity contribution is 4.70. The van der Waals surface area contributed by atoms with Gasteiger partial charge in [0.05, 0.1) is 18.8 Å². The summed E-state index contributed by atoms with van der Waals surface area (Å²) in [6, 6.07) is 0. The van der Waals surface area contributed by atoms with Crippen LogP contribution in [0.5, 0.6) is 0 Å². The second-order valence-electron chi connectivity index (χ2n) is 3.76. The summed E-state index contributed by atoms with van der Waals surface area (Å²) in [5.41, 5.74) is 0. The minimum absolute atomic E-state index is 0.0691. The zero-order valence-corrected chi connectivity index (χ0v) is 8.24. The minimum Gasteiger partial charge on any atom is -0.393 e. The molecule has 1 aliphatic carbocycles. The van der Waals surface area contributed by atoms with Gasteiger partial charge in [0.1, 0.15) is 0 Å². The van der Waals surface area contributed by atoms with E-state index in [4.69, 9.17) is 4.74 Å². The first-order valence-corrected chi connectivity index (χ1v) is 5.23. The average Bonchev–Trinajstić information content (AvgIpc) is 2.09. The van der Waals surface area contributed by atoms with Crippen LogP contribution in [0.2, 0.25) is 0 Å². The third kappa shape index (κ3) is 4.44. The summed E-state index contributed by atoms with van der Waals surface area (Å²) in [5, 5.41) is 9.42. The lowest BCUT2D eigenvalue weighted by molar-refractivity contribution is 0.0401. The van der Waals surface area contributed by atoms with Crippen molar-refractivity contribution in [3.63, 3.8) is 0 Å². The molecule has 1 saturated carbocycles. The van der Waals surface area contributed by atoms with Gasteiger partial charge < -0.3 is 9.84 Å². The van der Waals surface area contributed by atoms with Crippen molar-refractivity contribution in [2.24, 2.45) is 0 Å². The third-order valence-corrected chi connectivity index (χ3v) is 2.58. The lowest BCUT2D eigenvalue weighted by Gasteiger charge is -2.21. The van der Waals surface area contributed by atoms with E-state index in [0.29, 0.717) is 12.7 Å². The number of aliphatic hydroxyl groups excluding tert-OH is 1. The first kappa shape index (κ1) is 10.7.